The van der Waals surface area contributed by atoms with Gasteiger partial charge in [0.2, 0.25) is 0 Å². The highest BCUT2D eigenvalue weighted by Gasteiger charge is 2.54. The molecular formula is C10H8BF8NO2. The van der Waals surface area contributed by atoms with Crippen LogP contribution in [0.1, 0.15) is 11.1 Å². The maximum atomic E-state index is 13.5. The Balaban J connectivity index is 3.84. The van der Waals surface area contributed by atoms with Gasteiger partial charge in [0.15, 0.2) is 0 Å². The van der Waals surface area contributed by atoms with Crippen molar-refractivity contribution in [3.63, 3.8) is 0 Å². The number of alkyl halides is 8. The topological polar surface area (TPSA) is 66.5 Å². The number of halogens is 8. The minimum absolute atomic E-state index is 0.0380. The maximum Gasteiger partial charge on any atom is 0.489 e. The second-order valence-corrected chi connectivity index (χ2v) is 4.25. The van der Waals surface area contributed by atoms with E-state index in [4.69, 9.17) is 15.8 Å². The molecule has 0 atom stereocenters. The minimum atomic E-state index is -5.33. The van der Waals surface area contributed by atoms with Crippen molar-refractivity contribution in [2.45, 2.75) is 24.7 Å². The highest BCUT2D eigenvalue weighted by atomic mass is 19.3. The molecule has 22 heavy (non-hydrogen) atoms. The van der Waals surface area contributed by atoms with E-state index >= 15 is 0 Å². The van der Waals surface area contributed by atoms with Crippen LogP contribution in [0.2, 0.25) is 0 Å². The van der Waals surface area contributed by atoms with E-state index in [1.54, 1.807) is 0 Å². The van der Waals surface area contributed by atoms with Crippen molar-refractivity contribution >= 4 is 18.3 Å². The summed E-state index contributed by atoms with van der Waals surface area (Å²) in [4.78, 5) is 0. The van der Waals surface area contributed by atoms with E-state index in [1.807, 2.05) is 0 Å². The minimum Gasteiger partial charge on any atom is -0.423 e. The van der Waals surface area contributed by atoms with Crippen LogP contribution < -0.4 is 11.2 Å². The van der Waals surface area contributed by atoms with Crippen LogP contribution in [0.3, 0.4) is 0 Å². The molecule has 0 amide bonds. The first-order valence-corrected chi connectivity index (χ1v) is 5.45. The molecule has 4 N–H and O–H groups in total. The Kier molecular flexibility index (Phi) is 4.97. The van der Waals surface area contributed by atoms with Gasteiger partial charge in [0.05, 0.1) is 0 Å². The fourth-order valence-corrected chi connectivity index (χ4v) is 1.75. The molecule has 1 aromatic carbocycles. The molecular weight excluding hydrogens is 329 g/mol. The predicted molar refractivity (Wildman–Crippen MR) is 60.5 cm³/mol. The van der Waals surface area contributed by atoms with Gasteiger partial charge in [0.25, 0.3) is 0 Å². The van der Waals surface area contributed by atoms with E-state index in [0.717, 1.165) is 0 Å². The summed E-state index contributed by atoms with van der Waals surface area (Å²) in [5.74, 6) is -10.6. The van der Waals surface area contributed by atoms with Crippen LogP contribution in [0.5, 0.6) is 0 Å². The standard InChI is InChI=1S/C10H8BF8NO2/c12-7(13)9(16,17)4-1-3(20)2-5(11(21)22)6(4)10(18,19)8(14)15/h1-2,7-8,21-22H,20H2. The lowest BCUT2D eigenvalue weighted by Crippen LogP contribution is -2.43. The quantitative estimate of drug-likeness (QED) is 0.435. The van der Waals surface area contributed by atoms with Crippen LogP contribution in [0.4, 0.5) is 40.8 Å². The molecule has 0 aromatic heterocycles. The molecule has 0 radical (unpaired) electrons. The van der Waals surface area contributed by atoms with E-state index < -0.39 is 54.1 Å². The predicted octanol–water partition coefficient (Wildman–Crippen LogP) is 1.66. The van der Waals surface area contributed by atoms with Crippen LogP contribution in [-0.2, 0) is 11.8 Å². The van der Waals surface area contributed by atoms with Gasteiger partial charge in [-0.25, -0.2) is 17.6 Å². The van der Waals surface area contributed by atoms with Gasteiger partial charge in [-0.15, -0.1) is 0 Å². The summed E-state index contributed by atoms with van der Waals surface area (Å²) in [6, 6.07) is 0.269. The lowest BCUT2D eigenvalue weighted by atomic mass is 9.73. The molecule has 0 aliphatic heterocycles. The molecule has 0 fully saturated rings. The zero-order valence-electron chi connectivity index (χ0n) is 10.4. The molecule has 0 saturated carbocycles. The van der Waals surface area contributed by atoms with Gasteiger partial charge in [0, 0.05) is 16.8 Å². The SMILES string of the molecule is Nc1cc(B(O)O)c(C(F)(F)C(F)F)c(C(F)(F)C(F)F)c1. The van der Waals surface area contributed by atoms with Crippen molar-refractivity contribution in [3.8, 4) is 0 Å². The Morgan fingerprint density at radius 1 is 0.909 bits per heavy atom. The van der Waals surface area contributed by atoms with Gasteiger partial charge in [-0.1, -0.05) is 0 Å². The summed E-state index contributed by atoms with van der Waals surface area (Å²) >= 11 is 0. The number of anilines is 1. The summed E-state index contributed by atoms with van der Waals surface area (Å²) in [6.07, 6.45) is -9.06. The van der Waals surface area contributed by atoms with Crippen molar-refractivity contribution in [3.05, 3.63) is 23.3 Å². The van der Waals surface area contributed by atoms with E-state index in [-0.39, 0.29) is 6.07 Å². The molecule has 0 aliphatic carbocycles. The summed E-state index contributed by atoms with van der Waals surface area (Å²) in [5.41, 5.74) is -1.77. The number of nitrogen functional groups attached to an aromatic ring is 1. The number of benzene rings is 1. The van der Waals surface area contributed by atoms with Gasteiger partial charge in [0.1, 0.15) is 0 Å². The molecule has 0 heterocycles. The van der Waals surface area contributed by atoms with Gasteiger partial charge in [-0.2, -0.15) is 17.6 Å². The van der Waals surface area contributed by atoms with Gasteiger partial charge < -0.3 is 15.8 Å². The van der Waals surface area contributed by atoms with Crippen molar-refractivity contribution in [1.29, 1.82) is 0 Å². The zero-order valence-corrected chi connectivity index (χ0v) is 10.4. The number of hydrogen-bond donors (Lipinski definition) is 3. The molecule has 1 aromatic rings. The van der Waals surface area contributed by atoms with Crippen LogP contribution in [0, 0.1) is 0 Å². The molecule has 0 bridgehead atoms. The van der Waals surface area contributed by atoms with E-state index in [2.05, 4.69) is 0 Å². The summed E-state index contributed by atoms with van der Waals surface area (Å²) in [5, 5.41) is 17.8. The first kappa shape index (κ1) is 18.5. The van der Waals surface area contributed by atoms with Crippen LogP contribution in [0.15, 0.2) is 12.1 Å². The second kappa shape index (κ2) is 5.91. The van der Waals surface area contributed by atoms with Crippen molar-refractivity contribution in [1.82, 2.24) is 0 Å². The molecule has 0 unspecified atom stereocenters. The number of hydrogen-bond acceptors (Lipinski definition) is 3. The Morgan fingerprint density at radius 3 is 1.73 bits per heavy atom. The van der Waals surface area contributed by atoms with E-state index in [1.165, 1.54) is 0 Å². The smallest absolute Gasteiger partial charge is 0.423 e. The fraction of sp³-hybridized carbons (Fsp3) is 0.400. The summed E-state index contributed by atoms with van der Waals surface area (Å²) in [7, 11) is -2.91. The molecule has 3 nitrogen and oxygen atoms in total. The molecule has 0 saturated heterocycles. The third-order valence-electron chi connectivity index (χ3n) is 2.71. The van der Waals surface area contributed by atoms with Gasteiger partial charge in [-0.3, -0.25) is 0 Å². The van der Waals surface area contributed by atoms with Gasteiger partial charge >= 0.3 is 31.8 Å². The van der Waals surface area contributed by atoms with Crippen LogP contribution in [0.25, 0.3) is 0 Å². The molecule has 0 aliphatic rings. The highest BCUT2D eigenvalue weighted by molar-refractivity contribution is 6.59. The number of nitrogens with two attached hydrogens (primary N) is 1. The average Bonchev–Trinajstić information content (AvgIpc) is 2.36. The van der Waals surface area contributed by atoms with Crippen LogP contribution >= 0.6 is 0 Å². The monoisotopic (exact) mass is 337 g/mol. The van der Waals surface area contributed by atoms with Crippen molar-refractivity contribution in [2.75, 3.05) is 5.73 Å². The highest BCUT2D eigenvalue weighted by Crippen LogP contribution is 2.44. The Labute approximate surface area is 118 Å². The van der Waals surface area contributed by atoms with Crippen LogP contribution in [-0.4, -0.2) is 30.0 Å². The third kappa shape index (κ3) is 3.12. The normalized spacial score (nSPS) is 13.1. The van der Waals surface area contributed by atoms with E-state index in [0.29, 0.717) is 6.07 Å². The molecule has 0 spiro atoms. The number of rotatable bonds is 5. The van der Waals surface area contributed by atoms with Gasteiger partial charge in [-0.05, 0) is 17.6 Å². The maximum absolute atomic E-state index is 13.5. The molecule has 124 valence electrons. The largest absolute Gasteiger partial charge is 0.489 e. The average molecular weight is 337 g/mol. The molecule has 12 heteroatoms. The second-order valence-electron chi connectivity index (χ2n) is 4.25. The fourth-order valence-electron chi connectivity index (χ4n) is 1.75. The lowest BCUT2D eigenvalue weighted by Gasteiger charge is -2.27. The first-order valence-electron chi connectivity index (χ1n) is 5.45. The third-order valence-corrected chi connectivity index (χ3v) is 2.71. The Bertz CT molecular complexity index is 552. The Morgan fingerprint density at radius 2 is 1.36 bits per heavy atom. The zero-order chi connectivity index (χ0) is 17.5. The summed E-state index contributed by atoms with van der Waals surface area (Å²) in [6.45, 7) is 0. The van der Waals surface area contributed by atoms with Crippen molar-refractivity contribution in [2.24, 2.45) is 0 Å². The first-order chi connectivity index (χ1) is 9.83. The Hall–Kier alpha value is -1.56. The van der Waals surface area contributed by atoms with E-state index in [9.17, 15) is 35.1 Å². The lowest BCUT2D eigenvalue weighted by molar-refractivity contribution is -0.153. The molecule has 1 rings (SSSR count). The summed E-state index contributed by atoms with van der Waals surface area (Å²) < 4.78 is 103. The van der Waals surface area contributed by atoms with Crippen molar-refractivity contribution < 1.29 is 45.2 Å².